The van der Waals surface area contributed by atoms with Gasteiger partial charge >= 0.3 is 5.97 Å². The zero-order valence-electron chi connectivity index (χ0n) is 11.2. The summed E-state index contributed by atoms with van der Waals surface area (Å²) in [6.07, 6.45) is 3.29. The second-order valence-corrected chi connectivity index (χ2v) is 6.55. The van der Waals surface area contributed by atoms with Crippen molar-refractivity contribution < 1.29 is 14.3 Å². The summed E-state index contributed by atoms with van der Waals surface area (Å²) in [7, 11) is 0. The summed E-state index contributed by atoms with van der Waals surface area (Å²) in [5, 5.41) is 0. The number of rotatable bonds is 3. The number of carbonyl (C=O) groups excluding carboxylic acids is 2. The number of fused-ring (bicyclic) bond motifs is 1. The van der Waals surface area contributed by atoms with Crippen LogP contribution in [0, 0.1) is 6.92 Å². The van der Waals surface area contributed by atoms with Crippen molar-refractivity contribution >= 4 is 52.2 Å². The maximum absolute atomic E-state index is 12.4. The molecule has 2 heterocycles. The van der Waals surface area contributed by atoms with Crippen molar-refractivity contribution in [2.45, 2.75) is 17.6 Å². The first-order valence-electron chi connectivity index (χ1n) is 6.02. The number of alkyl halides is 3. The van der Waals surface area contributed by atoms with Crippen molar-refractivity contribution in [3.05, 3.63) is 35.3 Å². The van der Waals surface area contributed by atoms with Gasteiger partial charge in [-0.2, -0.15) is 0 Å². The number of aryl methyl sites for hydroxylation is 1. The molecule has 0 spiro atoms. The van der Waals surface area contributed by atoms with Crippen LogP contribution in [0.5, 0.6) is 0 Å². The van der Waals surface area contributed by atoms with Crippen molar-refractivity contribution in [3.63, 3.8) is 0 Å². The van der Waals surface area contributed by atoms with Crippen LogP contribution >= 0.6 is 34.8 Å². The number of ketones is 1. The number of aromatic nitrogens is 2. The molecule has 21 heavy (non-hydrogen) atoms. The van der Waals surface area contributed by atoms with E-state index in [1.807, 2.05) is 0 Å². The number of pyridine rings is 1. The zero-order chi connectivity index (χ0) is 15.8. The minimum atomic E-state index is -2.19. The highest BCUT2D eigenvalue weighted by Crippen LogP contribution is 2.33. The van der Waals surface area contributed by atoms with Crippen LogP contribution in [0.4, 0.5) is 0 Å². The molecule has 0 fully saturated rings. The lowest BCUT2D eigenvalue weighted by atomic mass is 10.1. The number of ether oxygens (including phenoxy) is 1. The maximum Gasteiger partial charge on any atom is 0.339 e. The first kappa shape index (κ1) is 16.1. The van der Waals surface area contributed by atoms with E-state index < -0.39 is 15.5 Å². The van der Waals surface area contributed by atoms with Crippen molar-refractivity contribution in [1.29, 1.82) is 0 Å². The number of hydrogen-bond donors (Lipinski definition) is 0. The van der Waals surface area contributed by atoms with Crippen LogP contribution in [0.2, 0.25) is 0 Å². The molecule has 0 amide bonds. The van der Waals surface area contributed by atoms with E-state index in [9.17, 15) is 9.59 Å². The molecule has 2 aromatic rings. The summed E-state index contributed by atoms with van der Waals surface area (Å²) in [5.41, 5.74) is 0.860. The first-order chi connectivity index (χ1) is 9.75. The molecule has 0 bridgehead atoms. The summed E-state index contributed by atoms with van der Waals surface area (Å²) < 4.78 is 4.32. The summed E-state index contributed by atoms with van der Waals surface area (Å²) >= 11 is 17.0. The lowest BCUT2D eigenvalue weighted by Gasteiger charge is -2.13. The Morgan fingerprint density at radius 2 is 2.05 bits per heavy atom. The number of Topliss-reactive ketones (excluding diaryl/α,β-unsaturated/α-hetero) is 1. The molecule has 0 aliphatic carbocycles. The Kier molecular flexibility index (Phi) is 4.46. The molecule has 8 heteroatoms. The van der Waals surface area contributed by atoms with Gasteiger partial charge in [-0.25, -0.2) is 9.78 Å². The largest absolute Gasteiger partial charge is 0.462 e. The molecule has 112 valence electrons. The van der Waals surface area contributed by atoms with E-state index in [1.54, 1.807) is 30.6 Å². The van der Waals surface area contributed by atoms with Crippen molar-refractivity contribution in [1.82, 2.24) is 9.38 Å². The molecule has 2 aromatic heterocycles. The molecule has 0 aliphatic rings. The van der Waals surface area contributed by atoms with Crippen LogP contribution in [0.15, 0.2) is 18.5 Å². The summed E-state index contributed by atoms with van der Waals surface area (Å²) in [6.45, 7) is 3.58. The molecule has 0 aromatic carbocycles. The molecule has 5 nitrogen and oxygen atoms in total. The summed E-state index contributed by atoms with van der Waals surface area (Å²) in [6, 6.07) is 1.44. The molecular formula is C13H11Cl3N2O3. The lowest BCUT2D eigenvalue weighted by Crippen LogP contribution is -2.23. The highest BCUT2D eigenvalue weighted by atomic mass is 35.6. The third kappa shape index (κ3) is 3.15. The number of nitrogens with zero attached hydrogens (tertiary/aromatic N) is 2. The minimum absolute atomic E-state index is 0.0197. The number of esters is 1. The maximum atomic E-state index is 12.4. The SMILES string of the molecule is CCOC(=O)c1ccn2cc(C)nc2c1C(=O)C(Cl)(Cl)Cl. The van der Waals surface area contributed by atoms with E-state index in [2.05, 4.69) is 4.98 Å². The van der Waals surface area contributed by atoms with Gasteiger partial charge in [0.1, 0.15) is 5.65 Å². The van der Waals surface area contributed by atoms with E-state index in [0.717, 1.165) is 0 Å². The molecule has 0 atom stereocenters. The van der Waals surface area contributed by atoms with Crippen molar-refractivity contribution in [3.8, 4) is 0 Å². The van der Waals surface area contributed by atoms with Crippen LogP contribution in [0.3, 0.4) is 0 Å². The van der Waals surface area contributed by atoms with Gasteiger partial charge in [0.25, 0.3) is 3.79 Å². The van der Waals surface area contributed by atoms with Crippen molar-refractivity contribution in [2.24, 2.45) is 0 Å². The van der Waals surface area contributed by atoms with Crippen LogP contribution in [-0.2, 0) is 4.74 Å². The van der Waals surface area contributed by atoms with E-state index in [0.29, 0.717) is 5.69 Å². The number of imidazole rings is 1. The standard InChI is InChI=1S/C13H11Cl3N2O3/c1-3-21-12(20)8-4-5-18-6-7(2)17-11(18)9(8)10(19)13(14,15)16/h4-6H,3H2,1-2H3. The van der Waals surface area contributed by atoms with Gasteiger partial charge < -0.3 is 9.14 Å². The van der Waals surface area contributed by atoms with Crippen LogP contribution in [-0.4, -0.2) is 31.5 Å². The normalized spacial score (nSPS) is 11.7. The number of carbonyl (C=O) groups is 2. The topological polar surface area (TPSA) is 60.7 Å². The predicted molar refractivity (Wildman–Crippen MR) is 80.5 cm³/mol. The van der Waals surface area contributed by atoms with Gasteiger partial charge in [0.2, 0.25) is 5.78 Å². The van der Waals surface area contributed by atoms with Gasteiger partial charge in [-0.05, 0) is 19.9 Å². The molecular weight excluding hydrogens is 339 g/mol. The highest BCUT2D eigenvalue weighted by Gasteiger charge is 2.36. The van der Waals surface area contributed by atoms with E-state index in [4.69, 9.17) is 39.5 Å². The Hall–Kier alpha value is -1.30. The third-order valence-electron chi connectivity index (χ3n) is 2.73. The highest BCUT2D eigenvalue weighted by molar-refractivity contribution is 6.77. The summed E-state index contributed by atoms with van der Waals surface area (Å²) in [4.78, 5) is 28.6. The average molecular weight is 350 g/mol. The second-order valence-electron chi connectivity index (χ2n) is 4.26. The van der Waals surface area contributed by atoms with Crippen LogP contribution < -0.4 is 0 Å². The predicted octanol–water partition coefficient (Wildman–Crippen LogP) is 3.37. The lowest BCUT2D eigenvalue weighted by molar-refractivity contribution is 0.0523. The Morgan fingerprint density at radius 3 is 2.62 bits per heavy atom. The Bertz CT molecular complexity index is 719. The zero-order valence-corrected chi connectivity index (χ0v) is 13.5. The van der Waals surface area contributed by atoms with Gasteiger partial charge in [0, 0.05) is 12.4 Å². The average Bonchev–Trinajstić information content (AvgIpc) is 2.76. The smallest absolute Gasteiger partial charge is 0.339 e. The van der Waals surface area contributed by atoms with Crippen LogP contribution in [0.1, 0.15) is 33.3 Å². The fourth-order valence-electron chi connectivity index (χ4n) is 1.92. The second kappa shape index (κ2) is 5.83. The fourth-order valence-corrected chi connectivity index (χ4v) is 2.20. The van der Waals surface area contributed by atoms with Crippen LogP contribution in [0.25, 0.3) is 5.65 Å². The molecule has 0 saturated carbocycles. The Morgan fingerprint density at radius 1 is 1.38 bits per heavy atom. The molecule has 0 N–H and O–H groups in total. The van der Waals surface area contributed by atoms with E-state index >= 15 is 0 Å². The van der Waals surface area contributed by atoms with Gasteiger partial charge in [0.05, 0.1) is 23.4 Å². The number of halogens is 3. The summed E-state index contributed by atoms with van der Waals surface area (Å²) in [5.74, 6) is -1.50. The Balaban J connectivity index is 2.74. The van der Waals surface area contributed by atoms with E-state index in [-0.39, 0.29) is 23.4 Å². The molecule has 0 unspecified atom stereocenters. The van der Waals surface area contributed by atoms with Gasteiger partial charge in [0.15, 0.2) is 0 Å². The van der Waals surface area contributed by atoms with Crippen molar-refractivity contribution in [2.75, 3.05) is 6.61 Å². The Labute approximate surface area is 135 Å². The minimum Gasteiger partial charge on any atom is -0.462 e. The fraction of sp³-hybridized carbons (Fsp3) is 0.308. The van der Waals surface area contributed by atoms with E-state index in [1.165, 1.54) is 6.07 Å². The third-order valence-corrected chi connectivity index (χ3v) is 3.24. The number of hydrogen-bond acceptors (Lipinski definition) is 4. The van der Waals surface area contributed by atoms with Gasteiger partial charge in [-0.3, -0.25) is 4.79 Å². The monoisotopic (exact) mass is 348 g/mol. The molecule has 0 saturated heterocycles. The molecule has 0 radical (unpaired) electrons. The molecule has 0 aliphatic heterocycles. The molecule has 2 rings (SSSR count). The quantitative estimate of drug-likeness (QED) is 0.484. The van der Waals surface area contributed by atoms with Gasteiger partial charge in [-0.15, -0.1) is 0 Å². The van der Waals surface area contributed by atoms with Gasteiger partial charge in [-0.1, -0.05) is 34.8 Å². The first-order valence-corrected chi connectivity index (χ1v) is 7.16.